The van der Waals surface area contributed by atoms with E-state index < -0.39 is 0 Å². The van der Waals surface area contributed by atoms with E-state index in [1.54, 1.807) is 56.6 Å². The van der Waals surface area contributed by atoms with Crippen molar-refractivity contribution in [3.63, 3.8) is 0 Å². The highest BCUT2D eigenvalue weighted by atomic mass is 79.9. The summed E-state index contributed by atoms with van der Waals surface area (Å²) in [5.41, 5.74) is 4.78. The van der Waals surface area contributed by atoms with Gasteiger partial charge in [-0.1, -0.05) is 23.9 Å². The van der Waals surface area contributed by atoms with Crippen LogP contribution in [0, 0.1) is 0 Å². The maximum Gasteiger partial charge on any atom is 0.271 e. The fourth-order valence-corrected chi connectivity index (χ4v) is 3.97. The van der Waals surface area contributed by atoms with Gasteiger partial charge in [0.15, 0.2) is 5.16 Å². The van der Waals surface area contributed by atoms with Gasteiger partial charge in [0.25, 0.3) is 5.91 Å². The molecule has 2 aromatic carbocycles. The Kier molecular flexibility index (Phi) is 7.47. The minimum Gasteiger partial charge on any atom is -0.496 e. The Morgan fingerprint density at radius 3 is 2.53 bits per heavy atom. The fourth-order valence-electron chi connectivity index (χ4n) is 2.53. The number of aromatic nitrogens is 3. The first kappa shape index (κ1) is 21.8. The minimum absolute atomic E-state index is 0.309. The molecule has 3 rings (SSSR count). The molecule has 10 heteroatoms. The van der Waals surface area contributed by atoms with Gasteiger partial charge in [0, 0.05) is 18.4 Å². The third-order valence-corrected chi connectivity index (χ3v) is 6.08. The summed E-state index contributed by atoms with van der Waals surface area (Å²) in [7, 11) is 5.04. The van der Waals surface area contributed by atoms with Crippen molar-refractivity contribution in [1.82, 2.24) is 20.2 Å². The first-order valence-electron chi connectivity index (χ1n) is 8.83. The van der Waals surface area contributed by atoms with E-state index in [0.29, 0.717) is 27.1 Å². The maximum absolute atomic E-state index is 12.4. The van der Waals surface area contributed by atoms with E-state index in [9.17, 15) is 4.79 Å². The Morgan fingerprint density at radius 2 is 1.90 bits per heavy atom. The number of rotatable bonds is 8. The first-order valence-corrected chi connectivity index (χ1v) is 10.6. The van der Waals surface area contributed by atoms with Gasteiger partial charge < -0.3 is 14.0 Å². The van der Waals surface area contributed by atoms with Crippen LogP contribution < -0.4 is 14.9 Å². The second kappa shape index (κ2) is 10.3. The van der Waals surface area contributed by atoms with Crippen LogP contribution in [0.3, 0.4) is 0 Å². The van der Waals surface area contributed by atoms with Crippen molar-refractivity contribution in [1.29, 1.82) is 0 Å². The number of amides is 1. The zero-order valence-electron chi connectivity index (χ0n) is 16.6. The zero-order valence-corrected chi connectivity index (χ0v) is 19.0. The molecule has 1 heterocycles. The highest BCUT2D eigenvalue weighted by molar-refractivity contribution is 9.10. The zero-order chi connectivity index (χ0) is 21.5. The molecule has 3 aromatic rings. The Balaban J connectivity index is 1.62. The van der Waals surface area contributed by atoms with Crippen molar-refractivity contribution in [2.75, 3.05) is 14.2 Å². The molecule has 1 amide bonds. The second-order valence-electron chi connectivity index (χ2n) is 6.11. The molecule has 156 valence electrons. The molecule has 0 unspecified atom stereocenters. The van der Waals surface area contributed by atoms with Gasteiger partial charge in [-0.3, -0.25) is 4.79 Å². The van der Waals surface area contributed by atoms with Gasteiger partial charge >= 0.3 is 0 Å². The normalized spacial score (nSPS) is 10.9. The number of methoxy groups -OCH3 is 2. The molecule has 0 atom stereocenters. The summed E-state index contributed by atoms with van der Waals surface area (Å²) < 4.78 is 13.2. The highest BCUT2D eigenvalue weighted by Gasteiger charge is 2.11. The number of carbonyl (C=O) groups excluding carboxylic acids is 1. The number of ether oxygens (including phenoxy) is 2. The molecule has 30 heavy (non-hydrogen) atoms. The summed E-state index contributed by atoms with van der Waals surface area (Å²) in [6.45, 7) is 0. The summed E-state index contributed by atoms with van der Waals surface area (Å²) in [5, 5.41) is 12.8. The molecular weight excluding hydrogens is 470 g/mol. The van der Waals surface area contributed by atoms with Crippen LogP contribution in [0.2, 0.25) is 0 Å². The quantitative estimate of drug-likeness (QED) is 0.295. The summed E-state index contributed by atoms with van der Waals surface area (Å²) in [6, 6.07) is 10.9. The molecule has 0 saturated carbocycles. The van der Waals surface area contributed by atoms with Crippen LogP contribution >= 0.6 is 27.7 Å². The molecule has 8 nitrogen and oxygen atoms in total. The molecule has 0 aliphatic rings. The van der Waals surface area contributed by atoms with Gasteiger partial charge in [0.2, 0.25) is 0 Å². The van der Waals surface area contributed by atoms with Crippen molar-refractivity contribution in [3.05, 3.63) is 63.9 Å². The largest absolute Gasteiger partial charge is 0.496 e. The molecule has 0 bridgehead atoms. The number of benzene rings is 2. The molecule has 0 aliphatic heterocycles. The predicted octanol–water partition coefficient (Wildman–Crippen LogP) is 3.65. The number of aryl methyl sites for hydroxylation is 1. The van der Waals surface area contributed by atoms with Crippen LogP contribution in [0.1, 0.15) is 21.5 Å². The molecule has 0 aliphatic carbocycles. The molecule has 0 saturated heterocycles. The van der Waals surface area contributed by atoms with E-state index in [-0.39, 0.29) is 5.91 Å². The number of hydrazone groups is 1. The second-order valence-corrected chi connectivity index (χ2v) is 7.84. The van der Waals surface area contributed by atoms with Crippen LogP contribution in [0.25, 0.3) is 0 Å². The van der Waals surface area contributed by atoms with E-state index in [2.05, 4.69) is 36.7 Å². The number of thioether (sulfide) groups is 1. The van der Waals surface area contributed by atoms with Crippen LogP contribution in [-0.4, -0.2) is 41.1 Å². The average molecular weight is 490 g/mol. The van der Waals surface area contributed by atoms with Crippen molar-refractivity contribution >= 4 is 39.8 Å². The van der Waals surface area contributed by atoms with Gasteiger partial charge in [-0.25, -0.2) is 5.43 Å². The SMILES string of the molecule is COc1ccc(OC)c(/C=N\NC(=O)c2ccc(CSc3nncn3C)cc2)c1Br. The lowest BCUT2D eigenvalue weighted by molar-refractivity contribution is 0.0955. The Morgan fingerprint density at radius 1 is 1.20 bits per heavy atom. The number of nitrogens with one attached hydrogen (secondary N) is 1. The topological polar surface area (TPSA) is 90.6 Å². The molecule has 0 spiro atoms. The highest BCUT2D eigenvalue weighted by Crippen LogP contribution is 2.33. The lowest BCUT2D eigenvalue weighted by atomic mass is 10.1. The van der Waals surface area contributed by atoms with Crippen LogP contribution in [0.4, 0.5) is 0 Å². The maximum atomic E-state index is 12.4. The van der Waals surface area contributed by atoms with Gasteiger partial charge in [0.1, 0.15) is 17.8 Å². The van der Waals surface area contributed by atoms with E-state index in [0.717, 1.165) is 16.5 Å². The van der Waals surface area contributed by atoms with E-state index in [4.69, 9.17) is 9.47 Å². The molecule has 1 N–H and O–H groups in total. The summed E-state index contributed by atoms with van der Waals surface area (Å²) in [4.78, 5) is 12.4. The lowest BCUT2D eigenvalue weighted by Crippen LogP contribution is -2.17. The molecule has 0 fully saturated rings. The van der Waals surface area contributed by atoms with Crippen molar-refractivity contribution in [3.8, 4) is 11.5 Å². The minimum atomic E-state index is -0.309. The number of nitrogens with zero attached hydrogens (tertiary/aromatic N) is 4. The Bertz CT molecular complexity index is 1050. The average Bonchev–Trinajstić information content (AvgIpc) is 3.18. The predicted molar refractivity (Wildman–Crippen MR) is 119 cm³/mol. The monoisotopic (exact) mass is 489 g/mol. The lowest BCUT2D eigenvalue weighted by Gasteiger charge is -2.10. The Hall–Kier alpha value is -2.85. The summed E-state index contributed by atoms with van der Waals surface area (Å²) >= 11 is 5.04. The van der Waals surface area contributed by atoms with Crippen molar-refractivity contribution in [2.45, 2.75) is 10.9 Å². The molecular formula is C20H20BrN5O3S. The Labute approximate surface area is 186 Å². The van der Waals surface area contributed by atoms with Crippen molar-refractivity contribution < 1.29 is 14.3 Å². The van der Waals surface area contributed by atoms with E-state index in [1.807, 2.05) is 23.7 Å². The summed E-state index contributed by atoms with van der Waals surface area (Å²) in [6.07, 6.45) is 3.17. The van der Waals surface area contributed by atoms with Gasteiger partial charge in [-0.05, 0) is 45.8 Å². The number of hydrogen-bond acceptors (Lipinski definition) is 7. The van der Waals surface area contributed by atoms with Crippen LogP contribution in [-0.2, 0) is 12.8 Å². The van der Waals surface area contributed by atoms with Gasteiger partial charge in [-0.2, -0.15) is 5.10 Å². The van der Waals surface area contributed by atoms with Crippen molar-refractivity contribution in [2.24, 2.45) is 12.1 Å². The van der Waals surface area contributed by atoms with Crippen LogP contribution in [0.5, 0.6) is 11.5 Å². The number of halogens is 1. The molecule has 1 aromatic heterocycles. The molecule has 0 radical (unpaired) electrons. The summed E-state index contributed by atoms with van der Waals surface area (Å²) in [5.74, 6) is 1.66. The van der Waals surface area contributed by atoms with E-state index >= 15 is 0 Å². The first-order chi connectivity index (χ1) is 14.5. The smallest absolute Gasteiger partial charge is 0.271 e. The van der Waals surface area contributed by atoms with Crippen LogP contribution in [0.15, 0.2) is 57.5 Å². The van der Waals surface area contributed by atoms with E-state index in [1.165, 1.54) is 6.21 Å². The third kappa shape index (κ3) is 5.19. The number of hydrogen-bond donors (Lipinski definition) is 1. The standard InChI is InChI=1S/C20H20BrN5O3S/c1-26-12-23-25-20(26)30-11-13-4-6-14(7-5-13)19(27)24-22-10-15-16(28-2)8-9-17(29-3)18(15)21/h4-10,12H,11H2,1-3H3,(H,24,27)/b22-10-. The van der Waals surface area contributed by atoms with Gasteiger partial charge in [0.05, 0.1) is 30.5 Å². The fraction of sp³-hybridized carbons (Fsp3) is 0.200. The third-order valence-electron chi connectivity index (χ3n) is 4.16. The number of carbonyl (C=O) groups is 1. The van der Waals surface area contributed by atoms with Gasteiger partial charge in [-0.15, -0.1) is 10.2 Å².